The van der Waals surface area contributed by atoms with Gasteiger partial charge in [-0.1, -0.05) is 6.92 Å². The first-order chi connectivity index (χ1) is 8.51. The molecule has 18 heavy (non-hydrogen) atoms. The van der Waals surface area contributed by atoms with Crippen molar-refractivity contribution in [2.24, 2.45) is 0 Å². The van der Waals surface area contributed by atoms with Crippen LogP contribution in [0.2, 0.25) is 0 Å². The molecule has 102 valence electrons. The van der Waals surface area contributed by atoms with Crippen molar-refractivity contribution in [3.63, 3.8) is 0 Å². The molecule has 1 aromatic heterocycles. The van der Waals surface area contributed by atoms with Crippen LogP contribution < -0.4 is 15.4 Å². The second kappa shape index (κ2) is 7.00. The zero-order chi connectivity index (χ0) is 13.4. The van der Waals surface area contributed by atoms with E-state index in [0.29, 0.717) is 12.4 Å². The van der Waals surface area contributed by atoms with Gasteiger partial charge in [-0.3, -0.25) is 0 Å². The van der Waals surface area contributed by atoms with Gasteiger partial charge in [-0.15, -0.1) is 13.2 Å². The van der Waals surface area contributed by atoms with Crippen molar-refractivity contribution >= 4 is 5.82 Å². The van der Waals surface area contributed by atoms with Crippen LogP contribution in [0.3, 0.4) is 0 Å². The lowest BCUT2D eigenvalue weighted by Gasteiger charge is -2.08. The van der Waals surface area contributed by atoms with Gasteiger partial charge in [0.15, 0.2) is 0 Å². The van der Waals surface area contributed by atoms with Gasteiger partial charge in [0.05, 0.1) is 12.4 Å². The highest BCUT2D eigenvalue weighted by molar-refractivity contribution is 5.31. The maximum absolute atomic E-state index is 11.8. The maximum atomic E-state index is 11.8. The van der Waals surface area contributed by atoms with E-state index in [1.54, 1.807) is 0 Å². The van der Waals surface area contributed by atoms with Gasteiger partial charge < -0.3 is 15.4 Å². The van der Waals surface area contributed by atoms with E-state index in [1.807, 2.05) is 0 Å². The number of alkyl halides is 3. The van der Waals surface area contributed by atoms with Gasteiger partial charge >= 0.3 is 6.36 Å². The van der Waals surface area contributed by atoms with E-state index in [0.717, 1.165) is 25.7 Å². The second-order valence-corrected chi connectivity index (χ2v) is 3.46. The van der Waals surface area contributed by atoms with Crippen LogP contribution in [0.4, 0.5) is 19.0 Å². The number of hydrogen-bond donors (Lipinski definition) is 2. The minimum absolute atomic E-state index is 0.405. The third-order valence-corrected chi connectivity index (χ3v) is 1.88. The molecule has 5 nitrogen and oxygen atoms in total. The molecule has 0 spiro atoms. The third kappa shape index (κ3) is 6.24. The molecule has 2 N–H and O–H groups in total. The molecule has 0 aliphatic carbocycles. The standard InChI is InChI=1S/C10H15F3N4O/c1-2-3-14-4-5-15-8-6-17-9(7-16-8)18-10(11,12)13/h6-7,14H,2-5H2,1H3,(H,15,16). The first kappa shape index (κ1) is 14.5. The summed E-state index contributed by atoms with van der Waals surface area (Å²) in [4.78, 5) is 7.25. The molecule has 1 rings (SSSR count). The number of halogens is 3. The smallest absolute Gasteiger partial charge is 0.386 e. The maximum Gasteiger partial charge on any atom is 0.574 e. The highest BCUT2D eigenvalue weighted by Gasteiger charge is 2.31. The van der Waals surface area contributed by atoms with Crippen molar-refractivity contribution in [3.05, 3.63) is 12.4 Å². The predicted molar refractivity (Wildman–Crippen MR) is 60.4 cm³/mol. The minimum Gasteiger partial charge on any atom is -0.386 e. The van der Waals surface area contributed by atoms with Crippen LogP contribution in [-0.2, 0) is 0 Å². The van der Waals surface area contributed by atoms with E-state index in [2.05, 4.69) is 32.3 Å². The van der Waals surface area contributed by atoms with Crippen molar-refractivity contribution in [1.82, 2.24) is 15.3 Å². The number of nitrogens with zero attached hydrogens (tertiary/aromatic N) is 2. The summed E-state index contributed by atoms with van der Waals surface area (Å²) in [5.74, 6) is -0.167. The van der Waals surface area contributed by atoms with Crippen LogP contribution in [-0.4, -0.2) is 36.0 Å². The summed E-state index contributed by atoms with van der Waals surface area (Å²) in [6.07, 6.45) is -1.58. The molecule has 1 heterocycles. The summed E-state index contributed by atoms with van der Waals surface area (Å²) in [5.41, 5.74) is 0. The lowest BCUT2D eigenvalue weighted by atomic mass is 10.4. The summed E-state index contributed by atoms with van der Waals surface area (Å²) in [6, 6.07) is 0. The van der Waals surface area contributed by atoms with Crippen molar-refractivity contribution < 1.29 is 17.9 Å². The van der Waals surface area contributed by atoms with Gasteiger partial charge in [0.1, 0.15) is 5.82 Å². The average molecular weight is 264 g/mol. The Labute approximate surface area is 103 Å². The SMILES string of the molecule is CCCNCCNc1cnc(OC(F)(F)F)cn1. The summed E-state index contributed by atoms with van der Waals surface area (Å²) in [5, 5.41) is 6.08. The Morgan fingerprint density at radius 2 is 1.94 bits per heavy atom. The van der Waals surface area contributed by atoms with Gasteiger partial charge in [-0.05, 0) is 13.0 Å². The fourth-order valence-electron chi connectivity index (χ4n) is 1.16. The molecule has 0 aromatic carbocycles. The molecule has 1 aromatic rings. The lowest BCUT2D eigenvalue weighted by molar-refractivity contribution is -0.276. The number of aromatic nitrogens is 2. The van der Waals surface area contributed by atoms with Crippen molar-refractivity contribution in [3.8, 4) is 5.88 Å². The zero-order valence-corrected chi connectivity index (χ0v) is 9.92. The summed E-state index contributed by atoms with van der Waals surface area (Å²) >= 11 is 0. The topological polar surface area (TPSA) is 59.1 Å². The Bertz CT molecular complexity index is 342. The average Bonchev–Trinajstić information content (AvgIpc) is 2.29. The Balaban J connectivity index is 2.32. The molecule has 0 fully saturated rings. The molecular formula is C10H15F3N4O. The van der Waals surface area contributed by atoms with Crippen LogP contribution in [0.15, 0.2) is 12.4 Å². The van der Waals surface area contributed by atoms with E-state index in [1.165, 1.54) is 6.20 Å². The van der Waals surface area contributed by atoms with Gasteiger partial charge in [0.25, 0.3) is 0 Å². The van der Waals surface area contributed by atoms with Gasteiger partial charge in [0.2, 0.25) is 5.88 Å². The molecule has 0 aliphatic rings. The van der Waals surface area contributed by atoms with Gasteiger partial charge in [0, 0.05) is 13.1 Å². The van der Waals surface area contributed by atoms with Crippen LogP contribution in [0, 0.1) is 0 Å². The van der Waals surface area contributed by atoms with Gasteiger partial charge in [-0.2, -0.15) is 0 Å². The molecule has 0 amide bonds. The molecule has 0 saturated carbocycles. The molecule has 0 bridgehead atoms. The highest BCUT2D eigenvalue weighted by atomic mass is 19.4. The molecule has 0 radical (unpaired) electrons. The predicted octanol–water partition coefficient (Wildman–Crippen LogP) is 1.79. The Morgan fingerprint density at radius 1 is 1.17 bits per heavy atom. The van der Waals surface area contributed by atoms with E-state index in [4.69, 9.17) is 0 Å². The molecule has 8 heteroatoms. The van der Waals surface area contributed by atoms with Crippen molar-refractivity contribution in [2.75, 3.05) is 25.0 Å². The quantitative estimate of drug-likeness (QED) is 0.735. The molecular weight excluding hydrogens is 249 g/mol. The number of ether oxygens (including phenoxy) is 1. The van der Waals surface area contributed by atoms with E-state index in [-0.39, 0.29) is 0 Å². The number of anilines is 1. The van der Waals surface area contributed by atoms with Crippen molar-refractivity contribution in [1.29, 1.82) is 0 Å². The van der Waals surface area contributed by atoms with Crippen LogP contribution in [0.1, 0.15) is 13.3 Å². The number of nitrogens with one attached hydrogen (secondary N) is 2. The monoisotopic (exact) mass is 264 g/mol. The third-order valence-electron chi connectivity index (χ3n) is 1.88. The first-order valence-corrected chi connectivity index (χ1v) is 5.53. The molecule has 0 aliphatic heterocycles. The minimum atomic E-state index is -4.74. The summed E-state index contributed by atoms with van der Waals surface area (Å²) in [7, 11) is 0. The van der Waals surface area contributed by atoms with E-state index < -0.39 is 12.2 Å². The highest BCUT2D eigenvalue weighted by Crippen LogP contribution is 2.19. The van der Waals surface area contributed by atoms with Crippen LogP contribution in [0.5, 0.6) is 5.88 Å². The first-order valence-electron chi connectivity index (χ1n) is 5.53. The molecule has 0 unspecified atom stereocenters. The van der Waals surface area contributed by atoms with E-state index >= 15 is 0 Å². The van der Waals surface area contributed by atoms with E-state index in [9.17, 15) is 13.2 Å². The number of hydrogen-bond acceptors (Lipinski definition) is 5. The van der Waals surface area contributed by atoms with Crippen LogP contribution >= 0.6 is 0 Å². The largest absolute Gasteiger partial charge is 0.574 e. The Kier molecular flexibility index (Phi) is 5.63. The van der Waals surface area contributed by atoms with Crippen LogP contribution in [0.25, 0.3) is 0 Å². The molecule has 0 saturated heterocycles. The Morgan fingerprint density at radius 3 is 2.50 bits per heavy atom. The normalized spacial score (nSPS) is 11.3. The lowest BCUT2D eigenvalue weighted by Crippen LogP contribution is -2.23. The number of rotatable bonds is 7. The zero-order valence-electron chi connectivity index (χ0n) is 9.92. The fraction of sp³-hybridized carbons (Fsp3) is 0.600. The Hall–Kier alpha value is -1.57. The molecule has 0 atom stereocenters. The van der Waals surface area contributed by atoms with Crippen molar-refractivity contribution in [2.45, 2.75) is 19.7 Å². The fourth-order valence-corrected chi connectivity index (χ4v) is 1.16. The second-order valence-electron chi connectivity index (χ2n) is 3.46. The summed E-state index contributed by atoms with van der Waals surface area (Å²) in [6.45, 7) is 4.35. The van der Waals surface area contributed by atoms with Gasteiger partial charge in [-0.25, -0.2) is 9.97 Å². The summed E-state index contributed by atoms with van der Waals surface area (Å²) < 4.78 is 39.1.